The van der Waals surface area contributed by atoms with Crippen LogP contribution in [0, 0.1) is 11.8 Å². The number of imidazole rings is 1. The van der Waals surface area contributed by atoms with Gasteiger partial charge in [-0.2, -0.15) is 0 Å². The number of carbonyl (C=O) groups is 2. The molecule has 0 bridgehead atoms. The maximum absolute atomic E-state index is 12.4. The van der Waals surface area contributed by atoms with Gasteiger partial charge in [-0.15, -0.1) is 0 Å². The van der Waals surface area contributed by atoms with Crippen molar-refractivity contribution in [1.82, 2.24) is 19.8 Å². The average molecular weight is 290 g/mol. The summed E-state index contributed by atoms with van der Waals surface area (Å²) in [6.45, 7) is 5.48. The van der Waals surface area contributed by atoms with Crippen LogP contribution in [0.15, 0.2) is 12.5 Å². The van der Waals surface area contributed by atoms with Gasteiger partial charge < -0.3 is 14.8 Å². The highest BCUT2D eigenvalue weighted by Gasteiger charge is 2.33. The van der Waals surface area contributed by atoms with Crippen LogP contribution in [0.5, 0.6) is 0 Å². The molecule has 2 aliphatic rings. The first-order valence-electron chi connectivity index (χ1n) is 7.63. The molecule has 0 aromatic carbocycles. The molecule has 1 N–H and O–H groups in total. The Balaban J connectivity index is 1.75. The van der Waals surface area contributed by atoms with E-state index in [0.29, 0.717) is 19.0 Å². The molecule has 3 rings (SSSR count). The molecule has 6 heteroatoms. The standard InChI is InChI=1S/C15H22N4O2/c1-10(2)15(21)18-7-12-6-16-9-19(12)13(8-18)14(20)17-5-11-3-4-11/h6,9-11,13H,3-5,7-8H2,1-2H3,(H,17,20). The van der Waals surface area contributed by atoms with Crippen LogP contribution in [0.3, 0.4) is 0 Å². The summed E-state index contributed by atoms with van der Waals surface area (Å²) in [7, 11) is 0. The Morgan fingerprint density at radius 1 is 1.43 bits per heavy atom. The van der Waals surface area contributed by atoms with E-state index in [2.05, 4.69) is 10.3 Å². The van der Waals surface area contributed by atoms with E-state index < -0.39 is 0 Å². The minimum absolute atomic E-state index is 0.0117. The minimum atomic E-state index is -0.363. The van der Waals surface area contributed by atoms with E-state index in [1.54, 1.807) is 17.4 Å². The molecule has 1 aliphatic carbocycles. The lowest BCUT2D eigenvalue weighted by Gasteiger charge is -2.34. The SMILES string of the molecule is CC(C)C(=O)N1Cc2cncn2C(C(=O)NCC2CC2)C1. The number of aromatic nitrogens is 2. The van der Waals surface area contributed by atoms with Crippen LogP contribution in [-0.2, 0) is 16.1 Å². The predicted octanol–water partition coefficient (Wildman–Crippen LogP) is 0.949. The fourth-order valence-corrected chi connectivity index (χ4v) is 2.72. The number of hydrogen-bond acceptors (Lipinski definition) is 3. The highest BCUT2D eigenvalue weighted by Crippen LogP contribution is 2.28. The van der Waals surface area contributed by atoms with Crippen molar-refractivity contribution < 1.29 is 9.59 Å². The van der Waals surface area contributed by atoms with Crippen molar-refractivity contribution in [1.29, 1.82) is 0 Å². The van der Waals surface area contributed by atoms with E-state index in [4.69, 9.17) is 0 Å². The fraction of sp³-hybridized carbons (Fsp3) is 0.667. The number of amides is 2. The van der Waals surface area contributed by atoms with Crippen LogP contribution in [0.4, 0.5) is 0 Å². The molecular formula is C15H22N4O2. The third kappa shape index (κ3) is 2.94. The number of hydrogen-bond donors (Lipinski definition) is 1. The average Bonchev–Trinajstić information content (AvgIpc) is 3.18. The highest BCUT2D eigenvalue weighted by atomic mass is 16.2. The molecule has 1 aromatic heterocycles. The molecule has 1 atom stereocenters. The van der Waals surface area contributed by atoms with E-state index in [0.717, 1.165) is 12.2 Å². The van der Waals surface area contributed by atoms with Gasteiger partial charge in [0.15, 0.2) is 0 Å². The fourth-order valence-electron chi connectivity index (χ4n) is 2.72. The Kier molecular flexibility index (Phi) is 3.69. The first-order chi connectivity index (χ1) is 10.1. The Hall–Kier alpha value is -1.85. The topological polar surface area (TPSA) is 67.2 Å². The van der Waals surface area contributed by atoms with Crippen LogP contribution >= 0.6 is 0 Å². The van der Waals surface area contributed by atoms with Gasteiger partial charge in [-0.1, -0.05) is 13.8 Å². The van der Waals surface area contributed by atoms with E-state index in [1.807, 2.05) is 18.4 Å². The minimum Gasteiger partial charge on any atom is -0.354 e. The van der Waals surface area contributed by atoms with Gasteiger partial charge in [0.1, 0.15) is 6.04 Å². The van der Waals surface area contributed by atoms with Crippen LogP contribution in [0.25, 0.3) is 0 Å². The zero-order valence-electron chi connectivity index (χ0n) is 12.6. The molecule has 2 amide bonds. The lowest BCUT2D eigenvalue weighted by Crippen LogP contribution is -2.47. The molecule has 1 aromatic rings. The largest absolute Gasteiger partial charge is 0.354 e. The van der Waals surface area contributed by atoms with Gasteiger partial charge in [-0.3, -0.25) is 9.59 Å². The molecule has 0 saturated heterocycles. The zero-order chi connectivity index (χ0) is 15.0. The molecular weight excluding hydrogens is 268 g/mol. The predicted molar refractivity (Wildman–Crippen MR) is 77.3 cm³/mol. The second-order valence-electron chi connectivity index (χ2n) is 6.37. The number of rotatable bonds is 4. The zero-order valence-corrected chi connectivity index (χ0v) is 12.6. The number of nitrogens with one attached hydrogen (secondary N) is 1. The van der Waals surface area contributed by atoms with Gasteiger partial charge >= 0.3 is 0 Å². The molecule has 21 heavy (non-hydrogen) atoms. The van der Waals surface area contributed by atoms with Gasteiger partial charge in [0.2, 0.25) is 11.8 Å². The molecule has 1 aliphatic heterocycles. The summed E-state index contributed by atoms with van der Waals surface area (Å²) < 4.78 is 1.90. The van der Waals surface area contributed by atoms with Crippen LogP contribution in [-0.4, -0.2) is 39.4 Å². The molecule has 1 saturated carbocycles. The van der Waals surface area contributed by atoms with Crippen molar-refractivity contribution in [2.24, 2.45) is 11.8 Å². The van der Waals surface area contributed by atoms with Crippen molar-refractivity contribution in [2.45, 2.75) is 39.3 Å². The molecule has 1 unspecified atom stereocenters. The molecule has 114 valence electrons. The maximum Gasteiger partial charge on any atom is 0.244 e. The first-order valence-corrected chi connectivity index (χ1v) is 7.63. The van der Waals surface area contributed by atoms with Gasteiger partial charge in [0.25, 0.3) is 0 Å². The first kappa shape index (κ1) is 14.1. The van der Waals surface area contributed by atoms with Gasteiger partial charge in [-0.05, 0) is 18.8 Å². The second kappa shape index (κ2) is 5.50. The summed E-state index contributed by atoms with van der Waals surface area (Å²) >= 11 is 0. The maximum atomic E-state index is 12.4. The monoisotopic (exact) mass is 290 g/mol. The van der Waals surface area contributed by atoms with Crippen molar-refractivity contribution in [3.05, 3.63) is 18.2 Å². The molecule has 2 heterocycles. The Bertz CT molecular complexity index is 548. The van der Waals surface area contributed by atoms with Crippen LogP contribution in [0.1, 0.15) is 38.4 Å². The molecule has 0 spiro atoms. The van der Waals surface area contributed by atoms with Gasteiger partial charge in [0.05, 0.1) is 25.1 Å². The van der Waals surface area contributed by atoms with E-state index in [9.17, 15) is 9.59 Å². The summed E-state index contributed by atoms with van der Waals surface area (Å²) in [5, 5.41) is 3.01. The molecule has 0 radical (unpaired) electrons. The number of fused-ring (bicyclic) bond motifs is 1. The number of nitrogens with zero attached hydrogens (tertiary/aromatic N) is 3. The molecule has 1 fully saturated rings. The summed E-state index contributed by atoms with van der Waals surface area (Å²) in [4.78, 5) is 30.6. The third-order valence-electron chi connectivity index (χ3n) is 4.20. The summed E-state index contributed by atoms with van der Waals surface area (Å²) in [5.74, 6) is 0.660. The lowest BCUT2D eigenvalue weighted by atomic mass is 10.1. The molecule has 6 nitrogen and oxygen atoms in total. The Morgan fingerprint density at radius 2 is 2.19 bits per heavy atom. The second-order valence-corrected chi connectivity index (χ2v) is 6.37. The third-order valence-corrected chi connectivity index (χ3v) is 4.20. The van der Waals surface area contributed by atoms with E-state index >= 15 is 0 Å². The van der Waals surface area contributed by atoms with Crippen LogP contribution < -0.4 is 5.32 Å². The quantitative estimate of drug-likeness (QED) is 0.897. The van der Waals surface area contributed by atoms with Gasteiger partial charge in [-0.25, -0.2) is 4.98 Å². The normalized spacial score (nSPS) is 21.3. The van der Waals surface area contributed by atoms with E-state index in [1.165, 1.54) is 12.8 Å². The Labute approximate surface area is 124 Å². The Morgan fingerprint density at radius 3 is 2.86 bits per heavy atom. The summed E-state index contributed by atoms with van der Waals surface area (Å²) in [6.07, 6.45) is 5.84. The number of carbonyl (C=O) groups excluding carboxylic acids is 2. The van der Waals surface area contributed by atoms with Crippen molar-refractivity contribution >= 4 is 11.8 Å². The smallest absolute Gasteiger partial charge is 0.244 e. The van der Waals surface area contributed by atoms with Crippen LogP contribution in [0.2, 0.25) is 0 Å². The van der Waals surface area contributed by atoms with Crippen molar-refractivity contribution in [3.63, 3.8) is 0 Å². The van der Waals surface area contributed by atoms with Gasteiger partial charge in [0, 0.05) is 18.7 Å². The van der Waals surface area contributed by atoms with Crippen molar-refractivity contribution in [3.8, 4) is 0 Å². The van der Waals surface area contributed by atoms with E-state index in [-0.39, 0.29) is 23.8 Å². The summed E-state index contributed by atoms with van der Waals surface area (Å²) in [5.41, 5.74) is 0.918. The summed E-state index contributed by atoms with van der Waals surface area (Å²) in [6, 6.07) is -0.363. The highest BCUT2D eigenvalue weighted by molar-refractivity contribution is 5.83. The van der Waals surface area contributed by atoms with Crippen molar-refractivity contribution in [2.75, 3.05) is 13.1 Å². The lowest BCUT2D eigenvalue weighted by molar-refractivity contribution is -0.138.